The van der Waals surface area contributed by atoms with Crippen molar-refractivity contribution in [3.05, 3.63) is 75.3 Å². The quantitative estimate of drug-likeness (QED) is 0.480. The number of nitro benzene ring substituents is 1. The van der Waals surface area contributed by atoms with Crippen molar-refractivity contribution >= 4 is 28.1 Å². The van der Waals surface area contributed by atoms with E-state index in [9.17, 15) is 33.2 Å². The minimum atomic E-state index is -3.11. The Labute approximate surface area is 191 Å². The molecule has 1 aliphatic rings. The van der Waals surface area contributed by atoms with Crippen molar-refractivity contribution in [3.63, 3.8) is 0 Å². The smallest absolute Gasteiger partial charge is 0.337 e. The van der Waals surface area contributed by atoms with Crippen molar-refractivity contribution in [2.45, 2.75) is 37.6 Å². The summed E-state index contributed by atoms with van der Waals surface area (Å²) in [5.74, 6) is -1.94. The highest BCUT2D eigenvalue weighted by molar-refractivity contribution is 7.61. The van der Waals surface area contributed by atoms with Gasteiger partial charge in [0.1, 0.15) is 0 Å². The number of carboxylic acids is 1. The zero-order chi connectivity index (χ0) is 24.0. The highest BCUT2D eigenvalue weighted by Crippen LogP contribution is 2.35. The molecule has 174 valence electrons. The van der Waals surface area contributed by atoms with Gasteiger partial charge in [0.2, 0.25) is 5.54 Å². The molecule has 2 aromatic rings. The van der Waals surface area contributed by atoms with Crippen LogP contribution < -0.4 is 0 Å². The van der Waals surface area contributed by atoms with E-state index in [1.165, 1.54) is 42.5 Å². The molecule has 1 N–H and O–H groups in total. The first-order chi connectivity index (χ1) is 15.7. The summed E-state index contributed by atoms with van der Waals surface area (Å²) >= 11 is 0. The number of hydrogen-bond acceptors (Lipinski definition) is 7. The molecule has 0 unspecified atom stereocenters. The van der Waals surface area contributed by atoms with Crippen molar-refractivity contribution in [1.29, 1.82) is 0 Å². The van der Waals surface area contributed by atoms with E-state index in [4.69, 9.17) is 0 Å². The second-order valence-electron chi connectivity index (χ2n) is 7.83. The molecule has 1 atom stereocenters. The van der Waals surface area contributed by atoms with Crippen LogP contribution in [-0.4, -0.2) is 48.3 Å². The molecule has 33 heavy (non-hydrogen) atoms. The Hall–Kier alpha value is -3.60. The van der Waals surface area contributed by atoms with Crippen LogP contribution in [0.1, 0.15) is 47.2 Å². The summed E-state index contributed by atoms with van der Waals surface area (Å²) in [6.07, 6.45) is 3.23. The van der Waals surface area contributed by atoms with E-state index in [0.29, 0.717) is 18.7 Å². The number of non-ortho nitro benzene ring substituents is 1. The summed E-state index contributed by atoms with van der Waals surface area (Å²) in [7, 11) is -3.11. The van der Waals surface area contributed by atoms with E-state index in [0.717, 1.165) is 25.7 Å². The van der Waals surface area contributed by atoms with Gasteiger partial charge in [-0.1, -0.05) is 43.2 Å². The van der Waals surface area contributed by atoms with Crippen molar-refractivity contribution < 1.29 is 28.0 Å². The first-order valence-electron chi connectivity index (χ1n) is 10.4. The van der Waals surface area contributed by atoms with Gasteiger partial charge in [-0.25, -0.2) is 4.79 Å². The first kappa shape index (κ1) is 24.1. The average Bonchev–Trinajstić information content (AvgIpc) is 3.07. The van der Waals surface area contributed by atoms with E-state index in [-0.39, 0.29) is 22.7 Å². The third-order valence-corrected chi connectivity index (χ3v) is 6.15. The number of rotatable bonds is 7. The zero-order valence-corrected chi connectivity index (χ0v) is 18.5. The molecule has 3 rings (SSSR count). The van der Waals surface area contributed by atoms with Gasteiger partial charge >= 0.3 is 16.5 Å². The predicted molar refractivity (Wildman–Crippen MR) is 118 cm³/mol. The van der Waals surface area contributed by atoms with Gasteiger partial charge in [-0.15, -0.1) is 4.36 Å². The fourth-order valence-corrected chi connectivity index (χ4v) is 4.53. The number of benzene rings is 2. The maximum atomic E-state index is 13.4. The van der Waals surface area contributed by atoms with Gasteiger partial charge in [-0.2, -0.15) is 8.42 Å². The lowest BCUT2D eigenvalue weighted by atomic mass is 9.81. The van der Waals surface area contributed by atoms with Crippen LogP contribution in [0.4, 0.5) is 5.69 Å². The van der Waals surface area contributed by atoms with Crippen molar-refractivity contribution in [2.75, 3.05) is 13.1 Å². The summed E-state index contributed by atoms with van der Waals surface area (Å²) in [5, 5.41) is 21.1. The van der Waals surface area contributed by atoms with Crippen LogP contribution in [-0.2, 0) is 27.3 Å². The summed E-state index contributed by atoms with van der Waals surface area (Å²) in [5.41, 5.74) is -2.18. The molecule has 1 heterocycles. The summed E-state index contributed by atoms with van der Waals surface area (Å²) in [6.45, 7) is 1.06. The molecule has 1 fully saturated rings. The molecule has 0 saturated carbocycles. The van der Waals surface area contributed by atoms with Crippen LogP contribution >= 0.6 is 0 Å². The van der Waals surface area contributed by atoms with Gasteiger partial charge in [-0.05, 0) is 24.5 Å². The zero-order valence-electron chi connectivity index (χ0n) is 17.7. The molecule has 0 aromatic heterocycles. The van der Waals surface area contributed by atoms with Crippen molar-refractivity contribution in [3.8, 4) is 0 Å². The lowest BCUT2D eigenvalue weighted by Gasteiger charge is -2.28. The normalized spacial score (nSPS) is 15.7. The molecule has 10 nitrogen and oxygen atoms in total. The van der Waals surface area contributed by atoms with Gasteiger partial charge in [0.15, 0.2) is 0 Å². The molecular formula is C22H23N3O7S. The first-order valence-corrected chi connectivity index (χ1v) is 11.5. The molecular weight excluding hydrogens is 450 g/mol. The number of aliphatic carboxylic acids is 1. The number of amides is 1. The van der Waals surface area contributed by atoms with Crippen LogP contribution in [0.15, 0.2) is 52.9 Å². The largest absolute Gasteiger partial charge is 0.479 e. The van der Waals surface area contributed by atoms with Gasteiger partial charge < -0.3 is 10.0 Å². The molecule has 11 heteroatoms. The van der Waals surface area contributed by atoms with Gasteiger partial charge in [-0.3, -0.25) is 14.9 Å². The fourth-order valence-electron chi connectivity index (χ4n) is 4.04. The molecule has 1 saturated heterocycles. The number of nitrogens with zero attached hydrogens (tertiary/aromatic N) is 3. The molecule has 0 radical (unpaired) electrons. The SMILES string of the molecule is O=C(c1ccccc1[C@](Cc1ccc([N+](=O)[O-])cc1)(N=S(=O)=O)C(=O)O)N1CCCCCC1. The predicted octanol–water partition coefficient (Wildman–Crippen LogP) is 3.20. The third-order valence-electron chi connectivity index (χ3n) is 5.69. The van der Waals surface area contributed by atoms with Crippen LogP contribution in [0.2, 0.25) is 0 Å². The Morgan fingerprint density at radius 3 is 2.18 bits per heavy atom. The van der Waals surface area contributed by atoms with E-state index in [1.807, 2.05) is 0 Å². The lowest BCUT2D eigenvalue weighted by Crippen LogP contribution is -2.40. The fraction of sp³-hybridized carbons (Fsp3) is 0.364. The van der Waals surface area contributed by atoms with E-state index >= 15 is 0 Å². The van der Waals surface area contributed by atoms with Gasteiger partial charge in [0, 0.05) is 42.8 Å². The molecule has 1 aliphatic heterocycles. The standard InChI is InChI=1S/C22H23N3O7S/c26-20(24-13-5-1-2-6-14-24)18-7-3-4-8-19(18)22(21(27)28,23-33(31)32)15-16-9-11-17(12-10-16)25(29)30/h3-4,7-12H,1-2,5-6,13-15H2,(H,27,28)/t22-/m0/s1. The number of carbonyl (C=O) groups is 2. The molecule has 1 amide bonds. The van der Waals surface area contributed by atoms with E-state index < -0.39 is 33.4 Å². The van der Waals surface area contributed by atoms with Crippen LogP contribution in [0.3, 0.4) is 0 Å². The van der Waals surface area contributed by atoms with E-state index in [2.05, 4.69) is 4.36 Å². The monoisotopic (exact) mass is 473 g/mol. The minimum Gasteiger partial charge on any atom is -0.479 e. The van der Waals surface area contributed by atoms with Crippen LogP contribution in [0.5, 0.6) is 0 Å². The Bertz CT molecular complexity index is 1180. The number of nitro groups is 1. The summed E-state index contributed by atoms with van der Waals surface area (Å²) in [6, 6.07) is 11.1. The number of carboxylic acid groups (broad SMARTS) is 1. The highest BCUT2D eigenvalue weighted by atomic mass is 32.2. The number of likely N-dealkylation sites (tertiary alicyclic amines) is 1. The maximum absolute atomic E-state index is 13.4. The number of carbonyl (C=O) groups excluding carboxylic acids is 1. The van der Waals surface area contributed by atoms with Gasteiger partial charge in [0.05, 0.1) is 4.92 Å². The molecule has 2 aromatic carbocycles. The second kappa shape index (κ2) is 10.3. The Kier molecular flexibility index (Phi) is 7.54. The second-order valence-corrected chi connectivity index (χ2v) is 8.44. The Balaban J connectivity index is 2.13. The van der Waals surface area contributed by atoms with Crippen LogP contribution in [0.25, 0.3) is 0 Å². The van der Waals surface area contributed by atoms with E-state index in [1.54, 1.807) is 11.0 Å². The third kappa shape index (κ3) is 5.43. The summed E-state index contributed by atoms with van der Waals surface area (Å²) in [4.78, 5) is 37.9. The maximum Gasteiger partial charge on any atom is 0.337 e. The molecule has 0 spiro atoms. The van der Waals surface area contributed by atoms with Crippen LogP contribution in [0, 0.1) is 10.1 Å². The van der Waals surface area contributed by atoms with Gasteiger partial charge in [0.25, 0.3) is 11.6 Å². The summed E-state index contributed by atoms with van der Waals surface area (Å²) < 4.78 is 26.8. The lowest BCUT2D eigenvalue weighted by molar-refractivity contribution is -0.384. The average molecular weight is 474 g/mol. The minimum absolute atomic E-state index is 0.0469. The van der Waals surface area contributed by atoms with Crippen molar-refractivity contribution in [1.82, 2.24) is 4.90 Å². The molecule has 0 bridgehead atoms. The highest BCUT2D eigenvalue weighted by Gasteiger charge is 2.44. The van der Waals surface area contributed by atoms with Crippen molar-refractivity contribution in [2.24, 2.45) is 4.36 Å². The number of hydrogen-bond donors (Lipinski definition) is 1. The molecule has 0 aliphatic carbocycles. The Morgan fingerprint density at radius 2 is 1.64 bits per heavy atom. The Morgan fingerprint density at radius 1 is 1.03 bits per heavy atom. The topological polar surface area (TPSA) is 147 Å².